The number of nitrogens with zero attached hydrogens (tertiary/aromatic N) is 2. The summed E-state index contributed by atoms with van der Waals surface area (Å²) in [6, 6.07) is 6.07. The lowest BCUT2D eigenvalue weighted by atomic mass is 10.1. The highest BCUT2D eigenvalue weighted by atomic mass is 32.1. The molecular weight excluding hydrogens is 282 g/mol. The van der Waals surface area contributed by atoms with Gasteiger partial charge in [-0.3, -0.25) is 9.78 Å². The average molecular weight is 303 g/mol. The summed E-state index contributed by atoms with van der Waals surface area (Å²) in [6.45, 7) is 4.84. The molecule has 1 N–H and O–H groups in total. The zero-order valence-corrected chi connectivity index (χ0v) is 13.5. The molecule has 0 aliphatic rings. The maximum atomic E-state index is 12.7. The number of rotatable bonds is 6. The third kappa shape index (κ3) is 3.82. The summed E-state index contributed by atoms with van der Waals surface area (Å²) >= 11 is 1.73. The number of likely N-dealkylation sites (N-methyl/N-ethyl adjacent to an activating group) is 1. The van der Waals surface area contributed by atoms with Crippen molar-refractivity contribution in [3.8, 4) is 0 Å². The van der Waals surface area contributed by atoms with Crippen molar-refractivity contribution in [2.75, 3.05) is 18.9 Å². The largest absolute Gasteiger partial charge is 0.383 e. The SMILES string of the molecule is CCNc1cnccc1C(=O)N(C)C(C)Cc1cccs1. The first-order chi connectivity index (χ1) is 10.1. The van der Waals surface area contributed by atoms with E-state index in [0.717, 1.165) is 18.7 Å². The number of carbonyl (C=O) groups excluding carboxylic acids is 1. The van der Waals surface area contributed by atoms with E-state index in [2.05, 4.69) is 28.7 Å². The molecule has 2 aromatic heterocycles. The van der Waals surface area contributed by atoms with Crippen LogP contribution in [0.15, 0.2) is 36.0 Å². The second-order valence-corrected chi connectivity index (χ2v) is 6.03. The summed E-state index contributed by atoms with van der Waals surface area (Å²) in [5, 5.41) is 5.25. The normalized spacial score (nSPS) is 12.0. The number of thiophene rings is 1. The van der Waals surface area contributed by atoms with Crippen molar-refractivity contribution < 1.29 is 4.79 Å². The molecule has 2 heterocycles. The van der Waals surface area contributed by atoms with Crippen LogP contribution in [0.4, 0.5) is 5.69 Å². The molecule has 0 fully saturated rings. The molecule has 0 spiro atoms. The van der Waals surface area contributed by atoms with Gasteiger partial charge in [-0.1, -0.05) is 6.07 Å². The Morgan fingerprint density at radius 2 is 2.29 bits per heavy atom. The lowest BCUT2D eigenvalue weighted by Gasteiger charge is -2.25. The predicted octanol–water partition coefficient (Wildman–Crippen LogP) is 3.28. The minimum absolute atomic E-state index is 0.0254. The maximum Gasteiger partial charge on any atom is 0.256 e. The van der Waals surface area contributed by atoms with Crippen LogP contribution in [0.5, 0.6) is 0 Å². The lowest BCUT2D eigenvalue weighted by molar-refractivity contribution is 0.0745. The Bertz CT molecular complexity index is 583. The van der Waals surface area contributed by atoms with Crippen molar-refractivity contribution in [3.63, 3.8) is 0 Å². The van der Waals surface area contributed by atoms with E-state index in [9.17, 15) is 4.79 Å². The highest BCUT2D eigenvalue weighted by Gasteiger charge is 2.20. The van der Waals surface area contributed by atoms with Crippen LogP contribution in [0.2, 0.25) is 0 Å². The van der Waals surface area contributed by atoms with Gasteiger partial charge in [0, 0.05) is 37.1 Å². The Balaban J connectivity index is 2.11. The molecule has 1 unspecified atom stereocenters. The third-order valence-electron chi connectivity index (χ3n) is 3.48. The first-order valence-electron chi connectivity index (χ1n) is 7.11. The molecule has 0 bridgehead atoms. The summed E-state index contributed by atoms with van der Waals surface area (Å²) in [5.41, 5.74) is 1.47. The van der Waals surface area contributed by atoms with Gasteiger partial charge in [0.2, 0.25) is 0 Å². The van der Waals surface area contributed by atoms with Crippen LogP contribution >= 0.6 is 11.3 Å². The molecule has 2 aromatic rings. The predicted molar refractivity (Wildman–Crippen MR) is 88.0 cm³/mol. The molecule has 21 heavy (non-hydrogen) atoms. The molecule has 0 saturated carbocycles. The Hall–Kier alpha value is -1.88. The van der Waals surface area contributed by atoms with Gasteiger partial charge in [0.1, 0.15) is 0 Å². The molecule has 0 aromatic carbocycles. The topological polar surface area (TPSA) is 45.2 Å². The van der Waals surface area contributed by atoms with Crippen LogP contribution in [-0.4, -0.2) is 35.4 Å². The Morgan fingerprint density at radius 3 is 2.95 bits per heavy atom. The van der Waals surface area contributed by atoms with Crippen LogP contribution in [-0.2, 0) is 6.42 Å². The number of anilines is 1. The van der Waals surface area contributed by atoms with Gasteiger partial charge in [0.05, 0.1) is 17.4 Å². The van der Waals surface area contributed by atoms with Crippen molar-refractivity contribution in [2.24, 2.45) is 0 Å². The van der Waals surface area contributed by atoms with Gasteiger partial charge in [0.15, 0.2) is 0 Å². The fourth-order valence-corrected chi connectivity index (χ4v) is 2.99. The number of hydrogen-bond donors (Lipinski definition) is 1. The standard InChI is InChI=1S/C16H21N3OS/c1-4-18-15-11-17-8-7-14(15)16(20)19(3)12(2)10-13-6-5-9-21-13/h5-9,11-12,18H,4,10H2,1-3H3. The van der Waals surface area contributed by atoms with Crippen molar-refractivity contribution in [1.29, 1.82) is 0 Å². The van der Waals surface area contributed by atoms with Crippen LogP contribution in [0.1, 0.15) is 29.1 Å². The minimum atomic E-state index is 0.0254. The number of pyridine rings is 1. The molecule has 0 saturated heterocycles. The van der Waals surface area contributed by atoms with E-state index >= 15 is 0 Å². The van der Waals surface area contributed by atoms with Crippen molar-refractivity contribution in [1.82, 2.24) is 9.88 Å². The van der Waals surface area contributed by atoms with Crippen molar-refractivity contribution >= 4 is 22.9 Å². The first kappa shape index (κ1) is 15.5. The number of hydrogen-bond acceptors (Lipinski definition) is 4. The van der Waals surface area contributed by atoms with Gasteiger partial charge < -0.3 is 10.2 Å². The van der Waals surface area contributed by atoms with Crippen LogP contribution in [0.3, 0.4) is 0 Å². The molecule has 4 nitrogen and oxygen atoms in total. The van der Waals surface area contributed by atoms with Gasteiger partial charge in [0.25, 0.3) is 5.91 Å². The van der Waals surface area contributed by atoms with E-state index < -0.39 is 0 Å². The highest BCUT2D eigenvalue weighted by molar-refractivity contribution is 7.09. The van der Waals surface area contributed by atoms with Crippen LogP contribution in [0, 0.1) is 0 Å². The van der Waals surface area contributed by atoms with E-state index in [1.165, 1.54) is 4.88 Å². The first-order valence-corrected chi connectivity index (χ1v) is 7.98. The van der Waals surface area contributed by atoms with E-state index in [-0.39, 0.29) is 11.9 Å². The minimum Gasteiger partial charge on any atom is -0.383 e. The van der Waals surface area contributed by atoms with Crippen LogP contribution < -0.4 is 5.32 Å². The van der Waals surface area contributed by atoms with Crippen molar-refractivity contribution in [3.05, 3.63) is 46.4 Å². The molecule has 0 radical (unpaired) electrons. The fraction of sp³-hybridized carbons (Fsp3) is 0.375. The quantitative estimate of drug-likeness (QED) is 0.891. The van der Waals surface area contributed by atoms with Crippen molar-refractivity contribution in [2.45, 2.75) is 26.3 Å². The number of amides is 1. The monoisotopic (exact) mass is 303 g/mol. The molecule has 0 aliphatic heterocycles. The Kier molecular flexibility index (Phi) is 5.33. The lowest BCUT2D eigenvalue weighted by Crippen LogP contribution is -2.36. The summed E-state index contributed by atoms with van der Waals surface area (Å²) in [7, 11) is 1.86. The van der Waals surface area contributed by atoms with Gasteiger partial charge in [-0.15, -0.1) is 11.3 Å². The summed E-state index contributed by atoms with van der Waals surface area (Å²) < 4.78 is 0. The maximum absolute atomic E-state index is 12.7. The van der Waals surface area contributed by atoms with Gasteiger partial charge in [-0.25, -0.2) is 0 Å². The fourth-order valence-electron chi connectivity index (χ4n) is 2.16. The number of carbonyl (C=O) groups is 1. The second kappa shape index (κ2) is 7.22. The Morgan fingerprint density at radius 1 is 1.48 bits per heavy atom. The van der Waals surface area contributed by atoms with E-state index in [4.69, 9.17) is 0 Å². The molecule has 5 heteroatoms. The molecule has 1 atom stereocenters. The summed E-state index contributed by atoms with van der Waals surface area (Å²) in [4.78, 5) is 19.8. The second-order valence-electron chi connectivity index (χ2n) is 5.00. The van der Waals surface area contributed by atoms with Gasteiger partial charge >= 0.3 is 0 Å². The Labute approximate surface area is 129 Å². The zero-order chi connectivity index (χ0) is 15.2. The van der Waals surface area contributed by atoms with E-state index in [1.54, 1.807) is 34.7 Å². The molecule has 1 amide bonds. The summed E-state index contributed by atoms with van der Waals surface area (Å²) in [5.74, 6) is 0.0254. The van der Waals surface area contributed by atoms with Gasteiger partial charge in [-0.2, -0.15) is 0 Å². The third-order valence-corrected chi connectivity index (χ3v) is 4.38. The van der Waals surface area contributed by atoms with E-state index in [1.807, 2.05) is 20.0 Å². The molecular formula is C16H21N3OS. The van der Waals surface area contributed by atoms with Gasteiger partial charge in [-0.05, 0) is 31.4 Å². The van der Waals surface area contributed by atoms with E-state index in [0.29, 0.717) is 5.56 Å². The number of nitrogens with one attached hydrogen (secondary N) is 1. The zero-order valence-electron chi connectivity index (χ0n) is 12.7. The molecule has 112 valence electrons. The number of aromatic nitrogens is 1. The molecule has 0 aliphatic carbocycles. The molecule has 2 rings (SSSR count). The smallest absolute Gasteiger partial charge is 0.256 e. The summed E-state index contributed by atoms with van der Waals surface area (Å²) in [6.07, 6.45) is 4.24. The highest BCUT2D eigenvalue weighted by Crippen LogP contribution is 2.19. The average Bonchev–Trinajstić information content (AvgIpc) is 2.99. The van der Waals surface area contributed by atoms with Crippen LogP contribution in [0.25, 0.3) is 0 Å².